The molecule has 1 aliphatic rings. The van der Waals surface area contributed by atoms with Gasteiger partial charge in [0.2, 0.25) is 5.91 Å². The predicted molar refractivity (Wildman–Crippen MR) is 108 cm³/mol. The second-order valence-corrected chi connectivity index (χ2v) is 8.85. The number of nitrogens with one attached hydrogen (secondary N) is 2. The number of amides is 1. The van der Waals surface area contributed by atoms with Gasteiger partial charge in [-0.25, -0.2) is 4.68 Å². The van der Waals surface area contributed by atoms with E-state index in [1.165, 1.54) is 9.56 Å². The van der Waals surface area contributed by atoms with Crippen LogP contribution in [0.25, 0.3) is 15.7 Å². The van der Waals surface area contributed by atoms with E-state index < -0.39 is 0 Å². The molecule has 27 heavy (non-hydrogen) atoms. The first-order valence-corrected chi connectivity index (χ1v) is 10.3. The summed E-state index contributed by atoms with van der Waals surface area (Å²) in [7, 11) is 0. The van der Waals surface area contributed by atoms with Gasteiger partial charge in [0.25, 0.3) is 5.56 Å². The van der Waals surface area contributed by atoms with Crippen LogP contribution < -0.4 is 16.2 Å². The van der Waals surface area contributed by atoms with Crippen LogP contribution in [-0.2, 0) is 11.3 Å². The lowest BCUT2D eigenvalue weighted by Crippen LogP contribution is -2.47. The van der Waals surface area contributed by atoms with Gasteiger partial charge >= 0.3 is 0 Å². The number of carbonyl (C=O) groups is 1. The molecule has 1 atom stereocenters. The molecular weight excluding hydrogens is 362 g/mol. The van der Waals surface area contributed by atoms with Crippen LogP contribution in [-0.4, -0.2) is 39.2 Å². The Morgan fingerprint density at radius 1 is 1.41 bits per heavy atom. The predicted octanol–water partition coefficient (Wildman–Crippen LogP) is 2.01. The largest absolute Gasteiger partial charge is 0.350 e. The molecule has 4 heterocycles. The quantitative estimate of drug-likeness (QED) is 0.718. The molecule has 8 heteroatoms. The molecule has 1 saturated heterocycles. The second kappa shape index (κ2) is 7.09. The number of aromatic nitrogens is 3. The molecule has 2 N–H and O–H groups in total. The van der Waals surface area contributed by atoms with E-state index in [9.17, 15) is 9.59 Å². The average molecular weight is 388 g/mol. The molecule has 0 unspecified atom stereocenters. The lowest BCUT2D eigenvalue weighted by atomic mass is 10.1. The van der Waals surface area contributed by atoms with E-state index in [1.807, 2.05) is 10.5 Å². The first-order chi connectivity index (χ1) is 12.9. The third-order valence-corrected chi connectivity index (χ3v) is 5.98. The summed E-state index contributed by atoms with van der Waals surface area (Å²) in [5.74, 6) is 0.756. The van der Waals surface area contributed by atoms with Gasteiger partial charge in [0.1, 0.15) is 17.9 Å². The van der Waals surface area contributed by atoms with Gasteiger partial charge in [-0.1, -0.05) is 13.8 Å². The minimum Gasteiger partial charge on any atom is -0.350 e. The standard InChI is InChI=1S/C19H25N5O2S/c1-11(2)18-22-23(10-17(25)21-13-5-4-6-20-9-13)19(26)15-8-16-14(24(15)18)7-12(3)27-16/h7-8,11,13,20H,4-6,9-10H2,1-3H3,(H,21,25)/t13-/m1/s1. The minimum absolute atomic E-state index is 0.0522. The molecule has 7 nitrogen and oxygen atoms in total. The molecule has 0 spiro atoms. The highest BCUT2D eigenvalue weighted by molar-refractivity contribution is 7.19. The minimum atomic E-state index is -0.225. The van der Waals surface area contributed by atoms with E-state index in [0.717, 1.165) is 42.0 Å². The molecule has 1 aliphatic heterocycles. The highest BCUT2D eigenvalue weighted by Gasteiger charge is 2.20. The zero-order valence-electron chi connectivity index (χ0n) is 15.9. The molecule has 3 aromatic heterocycles. The number of carbonyl (C=O) groups excluding carboxylic acids is 1. The fourth-order valence-corrected chi connectivity index (χ4v) is 4.67. The summed E-state index contributed by atoms with van der Waals surface area (Å²) in [4.78, 5) is 26.7. The monoisotopic (exact) mass is 387 g/mol. The molecule has 1 fully saturated rings. The summed E-state index contributed by atoms with van der Waals surface area (Å²) in [6, 6.07) is 4.13. The van der Waals surface area contributed by atoms with Gasteiger partial charge in [0.15, 0.2) is 0 Å². The summed E-state index contributed by atoms with van der Waals surface area (Å²) in [5, 5.41) is 10.9. The number of thiophene rings is 1. The van der Waals surface area contributed by atoms with Crippen LogP contribution in [0.3, 0.4) is 0 Å². The van der Waals surface area contributed by atoms with Crippen molar-refractivity contribution in [2.45, 2.75) is 52.1 Å². The van der Waals surface area contributed by atoms with Gasteiger partial charge in [-0.05, 0) is 38.4 Å². The van der Waals surface area contributed by atoms with Crippen molar-refractivity contribution in [2.75, 3.05) is 13.1 Å². The van der Waals surface area contributed by atoms with E-state index in [1.54, 1.807) is 11.3 Å². The molecule has 0 radical (unpaired) electrons. The van der Waals surface area contributed by atoms with Gasteiger partial charge in [-0.3, -0.25) is 14.0 Å². The van der Waals surface area contributed by atoms with Crippen molar-refractivity contribution < 1.29 is 4.79 Å². The summed E-state index contributed by atoms with van der Waals surface area (Å²) >= 11 is 1.67. The van der Waals surface area contributed by atoms with E-state index >= 15 is 0 Å². The Morgan fingerprint density at radius 3 is 2.93 bits per heavy atom. The van der Waals surface area contributed by atoms with E-state index in [-0.39, 0.29) is 30.0 Å². The van der Waals surface area contributed by atoms with Crippen LogP contribution in [0.2, 0.25) is 0 Å². The Balaban J connectivity index is 1.71. The third kappa shape index (κ3) is 3.39. The van der Waals surface area contributed by atoms with Gasteiger partial charge in [0, 0.05) is 23.4 Å². The van der Waals surface area contributed by atoms with E-state index in [4.69, 9.17) is 0 Å². The molecule has 0 aromatic carbocycles. The highest BCUT2D eigenvalue weighted by atomic mass is 32.1. The van der Waals surface area contributed by atoms with Crippen LogP contribution in [0, 0.1) is 6.92 Å². The fourth-order valence-electron chi connectivity index (χ4n) is 3.73. The van der Waals surface area contributed by atoms with Crippen molar-refractivity contribution in [1.29, 1.82) is 0 Å². The van der Waals surface area contributed by atoms with Gasteiger partial charge in [-0.2, -0.15) is 5.10 Å². The van der Waals surface area contributed by atoms with Crippen molar-refractivity contribution in [2.24, 2.45) is 0 Å². The lowest BCUT2D eigenvalue weighted by Gasteiger charge is -2.23. The summed E-state index contributed by atoms with van der Waals surface area (Å²) in [5.41, 5.74) is 1.38. The molecular formula is C19H25N5O2S. The lowest BCUT2D eigenvalue weighted by molar-refractivity contribution is -0.122. The Labute approximate surface area is 161 Å². The topological polar surface area (TPSA) is 80.4 Å². The number of hydrogen-bond donors (Lipinski definition) is 2. The molecule has 0 aliphatic carbocycles. The third-order valence-electron chi connectivity index (χ3n) is 4.99. The smallest absolute Gasteiger partial charge is 0.291 e. The van der Waals surface area contributed by atoms with Crippen LogP contribution in [0.5, 0.6) is 0 Å². The fraction of sp³-hybridized carbons (Fsp3) is 0.526. The average Bonchev–Trinajstić information content (AvgIpc) is 3.14. The zero-order chi connectivity index (χ0) is 19.1. The van der Waals surface area contributed by atoms with Crippen LogP contribution in [0.1, 0.15) is 43.3 Å². The van der Waals surface area contributed by atoms with Gasteiger partial charge in [-0.15, -0.1) is 11.3 Å². The highest BCUT2D eigenvalue weighted by Crippen LogP contribution is 2.29. The van der Waals surface area contributed by atoms with Crippen molar-refractivity contribution in [3.05, 3.63) is 33.2 Å². The maximum Gasteiger partial charge on any atom is 0.291 e. The number of aryl methyl sites for hydroxylation is 1. The SMILES string of the molecule is Cc1cc2c(cc3c(=O)n(CC(=O)N[C@@H]4CCCNC4)nc(C(C)C)n32)s1. The normalized spacial score (nSPS) is 17.9. The van der Waals surface area contributed by atoms with Crippen LogP contribution >= 0.6 is 11.3 Å². The van der Waals surface area contributed by atoms with Gasteiger partial charge in [0.05, 0.1) is 10.2 Å². The molecule has 0 saturated carbocycles. The number of fused-ring (bicyclic) bond motifs is 3. The van der Waals surface area contributed by atoms with Crippen molar-refractivity contribution in [3.8, 4) is 0 Å². The molecule has 1 amide bonds. The zero-order valence-corrected chi connectivity index (χ0v) is 16.7. The second-order valence-electron chi connectivity index (χ2n) is 7.56. The van der Waals surface area contributed by atoms with E-state index in [2.05, 4.69) is 42.6 Å². The van der Waals surface area contributed by atoms with Crippen molar-refractivity contribution >= 4 is 33.0 Å². The maximum absolute atomic E-state index is 13.0. The molecule has 4 rings (SSSR count). The number of hydrogen-bond acceptors (Lipinski definition) is 5. The number of nitrogens with zero attached hydrogens (tertiary/aromatic N) is 3. The summed E-state index contributed by atoms with van der Waals surface area (Å²) in [6.45, 7) is 7.88. The molecule has 0 bridgehead atoms. The Morgan fingerprint density at radius 2 is 2.22 bits per heavy atom. The Hall–Kier alpha value is -2.19. The van der Waals surface area contributed by atoms with Crippen molar-refractivity contribution in [1.82, 2.24) is 24.8 Å². The summed E-state index contributed by atoms with van der Waals surface area (Å²) in [6.07, 6.45) is 2.01. The van der Waals surface area contributed by atoms with Crippen LogP contribution in [0.4, 0.5) is 0 Å². The Bertz CT molecular complexity index is 1060. The molecule has 3 aromatic rings. The van der Waals surface area contributed by atoms with E-state index in [0.29, 0.717) is 5.52 Å². The number of rotatable bonds is 4. The number of piperidine rings is 1. The Kier molecular flexibility index (Phi) is 4.77. The first-order valence-electron chi connectivity index (χ1n) is 9.46. The summed E-state index contributed by atoms with van der Waals surface area (Å²) < 4.78 is 4.33. The maximum atomic E-state index is 13.0. The first kappa shape index (κ1) is 18.2. The van der Waals surface area contributed by atoms with Gasteiger partial charge < -0.3 is 10.6 Å². The molecule has 144 valence electrons. The van der Waals surface area contributed by atoms with Crippen molar-refractivity contribution in [3.63, 3.8) is 0 Å². The van der Waals surface area contributed by atoms with Crippen LogP contribution in [0.15, 0.2) is 16.9 Å².